The molecule has 1 aromatic carbocycles. The first-order valence-electron chi connectivity index (χ1n) is 7.46. The molecule has 0 bridgehead atoms. The lowest BCUT2D eigenvalue weighted by Crippen LogP contribution is -2.57. The number of hydrogen-bond acceptors (Lipinski definition) is 6. The monoisotopic (exact) mass is 359 g/mol. The van der Waals surface area contributed by atoms with Gasteiger partial charge in [0, 0.05) is 29.3 Å². The van der Waals surface area contributed by atoms with E-state index in [2.05, 4.69) is 10.2 Å². The lowest BCUT2D eigenvalue weighted by molar-refractivity contribution is -0.384. The van der Waals surface area contributed by atoms with E-state index >= 15 is 0 Å². The largest absolute Gasteiger partial charge is 0.328 e. The molecule has 2 aromatic rings. The number of urea groups is 1. The standard InChI is InChI=1S/C15H13N5O6/c1-6-9(14(23)19-18-6)10(7-2-4-8(5-3-7)20(25)26)11-12(21)16-15(24)17-13(11)22/h2-5,10-11H,1H3,(H2,18,19,23)(H2,16,17,21,22,24). The van der Waals surface area contributed by atoms with Gasteiger partial charge in [-0.25, -0.2) is 4.79 Å². The number of aromatic nitrogens is 2. The molecule has 11 heteroatoms. The Morgan fingerprint density at radius 2 is 1.58 bits per heavy atom. The van der Waals surface area contributed by atoms with Gasteiger partial charge in [-0.1, -0.05) is 12.1 Å². The van der Waals surface area contributed by atoms with Crippen LogP contribution in [0.25, 0.3) is 0 Å². The summed E-state index contributed by atoms with van der Waals surface area (Å²) < 4.78 is 0. The summed E-state index contributed by atoms with van der Waals surface area (Å²) in [5.41, 5.74) is 0.149. The zero-order valence-electron chi connectivity index (χ0n) is 13.4. The molecule has 134 valence electrons. The fourth-order valence-electron chi connectivity index (χ4n) is 2.99. The number of non-ortho nitro benzene ring substituents is 1. The van der Waals surface area contributed by atoms with Gasteiger partial charge in [-0.15, -0.1) is 0 Å². The van der Waals surface area contributed by atoms with Gasteiger partial charge >= 0.3 is 6.03 Å². The third-order valence-electron chi connectivity index (χ3n) is 4.16. The normalized spacial score (nSPS) is 16.1. The van der Waals surface area contributed by atoms with Gasteiger partial charge in [0.15, 0.2) is 0 Å². The summed E-state index contributed by atoms with van der Waals surface area (Å²) in [6.07, 6.45) is 0. The van der Waals surface area contributed by atoms with Crippen molar-refractivity contribution in [2.75, 3.05) is 0 Å². The molecule has 1 fully saturated rings. The molecule has 26 heavy (non-hydrogen) atoms. The number of rotatable bonds is 4. The number of hydrogen-bond donors (Lipinski definition) is 4. The summed E-state index contributed by atoms with van der Waals surface area (Å²) >= 11 is 0. The summed E-state index contributed by atoms with van der Waals surface area (Å²) in [6.45, 7) is 1.58. The van der Waals surface area contributed by atoms with Crippen LogP contribution in [0.3, 0.4) is 0 Å². The van der Waals surface area contributed by atoms with E-state index in [-0.39, 0.29) is 11.3 Å². The van der Waals surface area contributed by atoms with Gasteiger partial charge in [0.2, 0.25) is 11.8 Å². The van der Waals surface area contributed by atoms with Gasteiger partial charge in [0.1, 0.15) is 5.92 Å². The van der Waals surface area contributed by atoms with Crippen molar-refractivity contribution in [2.45, 2.75) is 12.8 Å². The second-order valence-electron chi connectivity index (χ2n) is 5.73. The summed E-state index contributed by atoms with van der Waals surface area (Å²) in [5, 5.41) is 19.8. The average molecular weight is 359 g/mol. The van der Waals surface area contributed by atoms with Gasteiger partial charge < -0.3 is 5.10 Å². The van der Waals surface area contributed by atoms with Crippen LogP contribution in [-0.2, 0) is 9.59 Å². The first kappa shape index (κ1) is 17.1. The number of barbiturate groups is 1. The number of amides is 4. The van der Waals surface area contributed by atoms with Gasteiger partial charge in [0.05, 0.1) is 4.92 Å². The van der Waals surface area contributed by atoms with Crippen molar-refractivity contribution in [1.82, 2.24) is 20.8 Å². The Kier molecular flexibility index (Phi) is 4.12. The van der Waals surface area contributed by atoms with E-state index in [0.29, 0.717) is 11.3 Å². The van der Waals surface area contributed by atoms with E-state index in [0.717, 1.165) is 0 Å². The van der Waals surface area contributed by atoms with Crippen molar-refractivity contribution >= 4 is 23.5 Å². The number of aryl methyl sites for hydroxylation is 1. The second kappa shape index (κ2) is 6.27. The molecule has 1 saturated heterocycles. The molecule has 2 heterocycles. The maximum Gasteiger partial charge on any atom is 0.328 e. The quantitative estimate of drug-likeness (QED) is 0.341. The number of nitrogens with one attached hydrogen (secondary N) is 4. The van der Waals surface area contributed by atoms with Crippen molar-refractivity contribution in [3.63, 3.8) is 0 Å². The number of aromatic amines is 2. The Bertz CT molecular complexity index is 953. The fraction of sp³-hybridized carbons (Fsp3) is 0.200. The van der Waals surface area contributed by atoms with E-state index in [9.17, 15) is 29.3 Å². The molecule has 1 aliphatic rings. The maximum atomic E-state index is 12.3. The number of benzene rings is 1. The molecule has 11 nitrogen and oxygen atoms in total. The molecule has 1 unspecified atom stereocenters. The number of nitro groups is 1. The van der Waals surface area contributed by atoms with Crippen molar-refractivity contribution < 1.29 is 19.3 Å². The Morgan fingerprint density at radius 3 is 2.04 bits per heavy atom. The Morgan fingerprint density at radius 1 is 1.00 bits per heavy atom. The minimum absolute atomic E-state index is 0.128. The minimum atomic E-state index is -1.40. The Labute approximate surface area is 144 Å². The van der Waals surface area contributed by atoms with Crippen LogP contribution >= 0.6 is 0 Å². The smallest absolute Gasteiger partial charge is 0.302 e. The van der Waals surface area contributed by atoms with Crippen molar-refractivity contribution in [1.29, 1.82) is 0 Å². The van der Waals surface area contributed by atoms with Crippen LogP contribution < -0.4 is 16.2 Å². The lowest BCUT2D eigenvalue weighted by Gasteiger charge is -2.28. The van der Waals surface area contributed by atoms with Crippen molar-refractivity contribution in [3.8, 4) is 0 Å². The molecule has 1 aromatic heterocycles. The molecular weight excluding hydrogens is 346 g/mol. The number of imide groups is 2. The average Bonchev–Trinajstić information content (AvgIpc) is 2.90. The maximum absolute atomic E-state index is 12.3. The predicted octanol–water partition coefficient (Wildman–Crippen LogP) is 0.0337. The van der Waals surface area contributed by atoms with Gasteiger partial charge in [-0.3, -0.25) is 40.2 Å². The third-order valence-corrected chi connectivity index (χ3v) is 4.16. The molecule has 0 spiro atoms. The van der Waals surface area contributed by atoms with E-state index in [4.69, 9.17) is 0 Å². The van der Waals surface area contributed by atoms with E-state index in [1.54, 1.807) is 6.92 Å². The first-order chi connectivity index (χ1) is 12.3. The van der Waals surface area contributed by atoms with E-state index in [1.807, 2.05) is 10.6 Å². The predicted molar refractivity (Wildman–Crippen MR) is 86.3 cm³/mol. The van der Waals surface area contributed by atoms with Crippen LogP contribution in [0.2, 0.25) is 0 Å². The van der Waals surface area contributed by atoms with Gasteiger partial charge in [0.25, 0.3) is 11.2 Å². The van der Waals surface area contributed by atoms with E-state index < -0.39 is 40.2 Å². The molecule has 1 atom stereocenters. The highest BCUT2D eigenvalue weighted by Crippen LogP contribution is 2.34. The zero-order valence-corrected chi connectivity index (χ0v) is 13.4. The van der Waals surface area contributed by atoms with Gasteiger partial charge in [-0.2, -0.15) is 0 Å². The summed E-state index contributed by atoms with van der Waals surface area (Å²) in [4.78, 5) is 58.4. The van der Waals surface area contributed by atoms with E-state index in [1.165, 1.54) is 24.3 Å². The SMILES string of the molecule is Cc1[nH][nH]c(=O)c1C(c1ccc([N+](=O)[O-])cc1)C1C(=O)NC(=O)NC1=O. The third kappa shape index (κ3) is 2.85. The highest BCUT2D eigenvalue weighted by Gasteiger charge is 2.43. The minimum Gasteiger partial charge on any atom is -0.302 e. The van der Waals surface area contributed by atoms with Crippen molar-refractivity contribution in [2.24, 2.45) is 5.92 Å². The summed E-state index contributed by atoms with van der Waals surface area (Å²) in [7, 11) is 0. The molecular formula is C15H13N5O6. The number of carbonyl (C=O) groups excluding carboxylic acids is 3. The summed E-state index contributed by atoms with van der Waals surface area (Å²) in [5.74, 6) is -4.16. The number of nitrogens with zero attached hydrogens (tertiary/aromatic N) is 1. The highest BCUT2D eigenvalue weighted by atomic mass is 16.6. The molecule has 4 amide bonds. The van der Waals surface area contributed by atoms with Crippen LogP contribution in [0.5, 0.6) is 0 Å². The van der Waals surface area contributed by atoms with Crippen LogP contribution in [0.4, 0.5) is 10.5 Å². The molecule has 0 aliphatic carbocycles. The van der Waals surface area contributed by atoms with Crippen LogP contribution in [0.1, 0.15) is 22.7 Å². The Hall–Kier alpha value is -3.76. The topological polar surface area (TPSA) is 167 Å². The molecule has 0 radical (unpaired) electrons. The Balaban J connectivity index is 2.15. The molecule has 3 rings (SSSR count). The zero-order chi connectivity index (χ0) is 19.0. The van der Waals surface area contributed by atoms with Gasteiger partial charge in [-0.05, 0) is 12.5 Å². The first-order valence-corrected chi connectivity index (χ1v) is 7.46. The van der Waals surface area contributed by atoms with Crippen molar-refractivity contribution in [3.05, 3.63) is 61.6 Å². The highest BCUT2D eigenvalue weighted by molar-refractivity contribution is 6.16. The molecule has 4 N–H and O–H groups in total. The lowest BCUT2D eigenvalue weighted by atomic mass is 9.79. The van der Waals surface area contributed by atoms with Crippen LogP contribution in [0, 0.1) is 23.0 Å². The number of carbonyl (C=O) groups is 3. The number of nitro benzene ring substituents is 1. The second-order valence-corrected chi connectivity index (χ2v) is 5.73. The fourth-order valence-corrected chi connectivity index (χ4v) is 2.99. The number of H-pyrrole nitrogens is 2. The van der Waals surface area contributed by atoms with Crippen LogP contribution in [0.15, 0.2) is 29.1 Å². The molecule has 1 aliphatic heterocycles. The molecule has 0 saturated carbocycles. The summed E-state index contributed by atoms with van der Waals surface area (Å²) in [6, 6.07) is 4.21. The van der Waals surface area contributed by atoms with Crippen LogP contribution in [-0.4, -0.2) is 33.0 Å².